The molecule has 37 heavy (non-hydrogen) atoms. The van der Waals surface area contributed by atoms with Gasteiger partial charge in [-0.2, -0.15) is 0 Å². The Hall–Kier alpha value is -2.81. The number of nitrogens with two attached hydrogens (primary N) is 1. The number of ether oxygens (including phenoxy) is 1. The molecule has 0 radical (unpaired) electrons. The van der Waals surface area contributed by atoms with E-state index in [2.05, 4.69) is 23.0 Å². The van der Waals surface area contributed by atoms with Gasteiger partial charge in [-0.15, -0.1) is 0 Å². The Morgan fingerprint density at radius 3 is 2.73 bits per heavy atom. The monoisotopic (exact) mass is 546 g/mol. The molecule has 1 saturated heterocycles. The summed E-state index contributed by atoms with van der Waals surface area (Å²) in [6, 6.07) is 2.64. The fraction of sp³-hybridized carbons (Fsp3) is 0.407. The van der Waals surface area contributed by atoms with E-state index in [9.17, 15) is 9.18 Å². The van der Waals surface area contributed by atoms with Crippen molar-refractivity contribution in [3.05, 3.63) is 57.7 Å². The Balaban J connectivity index is 1.37. The second-order valence-corrected chi connectivity index (χ2v) is 10.5. The Kier molecular flexibility index (Phi) is 7.34. The fourth-order valence-electron chi connectivity index (χ4n) is 5.12. The van der Waals surface area contributed by atoms with E-state index in [0.717, 1.165) is 42.5 Å². The zero-order valence-electron chi connectivity index (χ0n) is 20.8. The van der Waals surface area contributed by atoms with Crippen molar-refractivity contribution in [2.24, 2.45) is 5.92 Å². The number of rotatable bonds is 5. The molecule has 1 amide bonds. The Morgan fingerprint density at radius 1 is 1.27 bits per heavy atom. The minimum absolute atomic E-state index is 0.106. The molecule has 0 saturated carbocycles. The van der Waals surface area contributed by atoms with Gasteiger partial charge >= 0.3 is 0 Å². The van der Waals surface area contributed by atoms with Crippen LogP contribution in [0.15, 0.2) is 35.1 Å². The number of piperidine rings is 1. The first-order valence-electron chi connectivity index (χ1n) is 12.4. The number of nitrogens with zero attached hydrogens (tertiary/aromatic N) is 3. The van der Waals surface area contributed by atoms with Crippen LogP contribution in [0.1, 0.15) is 43.4 Å². The lowest BCUT2D eigenvalue weighted by atomic mass is 9.94. The van der Waals surface area contributed by atoms with Crippen LogP contribution in [0.2, 0.25) is 10.0 Å². The van der Waals surface area contributed by atoms with E-state index in [1.54, 1.807) is 19.4 Å². The Labute approximate surface area is 224 Å². The highest BCUT2D eigenvalue weighted by molar-refractivity contribution is 6.36. The third-order valence-electron chi connectivity index (χ3n) is 7.32. The van der Waals surface area contributed by atoms with Crippen molar-refractivity contribution < 1.29 is 18.3 Å². The quantitative estimate of drug-likeness (QED) is 0.398. The summed E-state index contributed by atoms with van der Waals surface area (Å²) < 4.78 is 26.1. The maximum atomic E-state index is 14.1. The van der Waals surface area contributed by atoms with Gasteiger partial charge in [0.2, 0.25) is 11.7 Å². The Morgan fingerprint density at radius 2 is 2.03 bits per heavy atom. The summed E-state index contributed by atoms with van der Waals surface area (Å²) >= 11 is 12.4. The van der Waals surface area contributed by atoms with Gasteiger partial charge < -0.3 is 24.7 Å². The predicted molar refractivity (Wildman–Crippen MR) is 143 cm³/mol. The van der Waals surface area contributed by atoms with Gasteiger partial charge in [-0.1, -0.05) is 29.3 Å². The Bertz CT molecular complexity index is 1370. The molecule has 5 rings (SSSR count). The highest BCUT2D eigenvalue weighted by Gasteiger charge is 2.29. The number of aromatic nitrogens is 1. The van der Waals surface area contributed by atoms with Crippen LogP contribution in [0, 0.1) is 11.7 Å². The summed E-state index contributed by atoms with van der Waals surface area (Å²) in [4.78, 5) is 21.5. The normalized spacial score (nSPS) is 18.2. The second-order valence-electron chi connectivity index (χ2n) is 9.72. The van der Waals surface area contributed by atoms with Gasteiger partial charge in [-0.05, 0) is 64.0 Å². The van der Waals surface area contributed by atoms with Gasteiger partial charge in [-0.25, -0.2) is 9.37 Å². The molecule has 2 aliphatic heterocycles. The van der Waals surface area contributed by atoms with Crippen LogP contribution < -0.4 is 10.5 Å². The fourth-order valence-corrected chi connectivity index (χ4v) is 5.80. The summed E-state index contributed by atoms with van der Waals surface area (Å²) in [5.41, 5.74) is 8.85. The van der Waals surface area contributed by atoms with Crippen LogP contribution in [0.4, 0.5) is 10.2 Å². The number of furan rings is 1. The number of carbonyl (C=O) groups is 1. The van der Waals surface area contributed by atoms with Crippen LogP contribution in [-0.4, -0.2) is 53.9 Å². The SMILES string of the molecule is C[C@@H](Oc1c(N)ncc2c(C3=CCN(C(=O)C4CCN(C)CC4)CC3)coc12)c1c(Cl)ccc(F)c1Cl. The van der Waals surface area contributed by atoms with Crippen molar-refractivity contribution in [3.8, 4) is 5.75 Å². The standard InChI is InChI=1S/C27H29Cl2FN4O3/c1-15(22-20(28)3-4-21(30)23(22)29)37-25-24-18(13-32-26(25)31)19(14-36-24)16-7-11-34(12-8-16)27(35)17-5-9-33(2)10-6-17/h3-4,7,13-15,17H,5-6,8-12H2,1-2H3,(H2,31,32)/t15-/m1/s1. The zero-order valence-corrected chi connectivity index (χ0v) is 22.3. The largest absolute Gasteiger partial charge is 0.478 e. The maximum Gasteiger partial charge on any atom is 0.226 e. The molecule has 1 aromatic carbocycles. The highest BCUT2D eigenvalue weighted by atomic mass is 35.5. The molecular weight excluding hydrogens is 518 g/mol. The maximum absolute atomic E-state index is 14.1. The van der Waals surface area contributed by atoms with Gasteiger partial charge in [0.25, 0.3) is 0 Å². The average Bonchev–Trinajstić information content (AvgIpc) is 3.33. The number of carbonyl (C=O) groups excluding carboxylic acids is 1. The van der Waals surface area contributed by atoms with E-state index in [-0.39, 0.29) is 33.4 Å². The molecule has 10 heteroatoms. The van der Waals surface area contributed by atoms with Gasteiger partial charge in [0.05, 0.1) is 16.7 Å². The van der Waals surface area contributed by atoms with Gasteiger partial charge in [0.1, 0.15) is 11.9 Å². The van der Waals surface area contributed by atoms with Crippen molar-refractivity contribution >= 4 is 51.5 Å². The van der Waals surface area contributed by atoms with E-state index < -0.39 is 11.9 Å². The molecule has 2 aliphatic rings. The molecule has 0 unspecified atom stereocenters. The van der Waals surface area contributed by atoms with Crippen LogP contribution >= 0.6 is 23.2 Å². The third kappa shape index (κ3) is 5.02. The second kappa shape index (κ2) is 10.5. The van der Waals surface area contributed by atoms with E-state index in [4.69, 9.17) is 38.1 Å². The molecular formula is C27H29Cl2FN4O3. The van der Waals surface area contributed by atoms with Crippen LogP contribution in [0.3, 0.4) is 0 Å². The lowest BCUT2D eigenvalue weighted by molar-refractivity contribution is -0.136. The molecule has 196 valence electrons. The van der Waals surface area contributed by atoms with Crippen LogP contribution in [-0.2, 0) is 4.79 Å². The summed E-state index contributed by atoms with van der Waals surface area (Å²) in [5.74, 6) is 0.136. The number of fused-ring (bicyclic) bond motifs is 1. The molecule has 0 aliphatic carbocycles. The average molecular weight is 547 g/mol. The topological polar surface area (TPSA) is 84.8 Å². The number of hydrogen-bond donors (Lipinski definition) is 1. The number of pyridine rings is 1. The van der Waals surface area contributed by atoms with Crippen LogP contribution in [0.5, 0.6) is 5.75 Å². The highest BCUT2D eigenvalue weighted by Crippen LogP contribution is 2.41. The van der Waals surface area contributed by atoms with E-state index in [1.807, 2.05) is 4.90 Å². The first-order valence-corrected chi connectivity index (χ1v) is 13.1. The summed E-state index contributed by atoms with van der Waals surface area (Å²) in [5, 5.41) is 0.921. The smallest absolute Gasteiger partial charge is 0.226 e. The first-order chi connectivity index (χ1) is 17.7. The molecule has 0 bridgehead atoms. The van der Waals surface area contributed by atoms with Crippen LogP contribution in [0.25, 0.3) is 16.5 Å². The summed E-state index contributed by atoms with van der Waals surface area (Å²) in [6.45, 7) is 4.84. The van der Waals surface area contributed by atoms with Gasteiger partial charge in [0, 0.05) is 41.4 Å². The summed E-state index contributed by atoms with van der Waals surface area (Å²) in [7, 11) is 2.09. The molecule has 7 nitrogen and oxygen atoms in total. The zero-order chi connectivity index (χ0) is 26.3. The van der Waals surface area contributed by atoms with Gasteiger partial charge in [0.15, 0.2) is 11.4 Å². The van der Waals surface area contributed by atoms with E-state index in [0.29, 0.717) is 30.7 Å². The molecule has 2 N–H and O–H groups in total. The number of benzene rings is 1. The number of hydrogen-bond acceptors (Lipinski definition) is 6. The lowest BCUT2D eigenvalue weighted by Gasteiger charge is -2.33. The first kappa shape index (κ1) is 25.8. The molecule has 0 spiro atoms. The van der Waals surface area contributed by atoms with Crippen molar-refractivity contribution in [1.82, 2.24) is 14.8 Å². The third-order valence-corrected chi connectivity index (χ3v) is 8.03. The van der Waals surface area contributed by atoms with E-state index in [1.165, 1.54) is 12.1 Å². The molecule has 2 aromatic heterocycles. The number of nitrogen functional groups attached to an aromatic ring is 1. The molecule has 4 heterocycles. The van der Waals surface area contributed by atoms with Crippen molar-refractivity contribution in [1.29, 1.82) is 0 Å². The van der Waals surface area contributed by atoms with Crippen molar-refractivity contribution in [3.63, 3.8) is 0 Å². The number of halogens is 3. The van der Waals surface area contributed by atoms with E-state index >= 15 is 0 Å². The predicted octanol–water partition coefficient (Wildman–Crippen LogP) is 5.95. The molecule has 1 atom stereocenters. The molecule has 3 aromatic rings. The minimum Gasteiger partial charge on any atom is -0.478 e. The molecule has 1 fully saturated rings. The number of likely N-dealkylation sites (tertiary alicyclic amines) is 1. The lowest BCUT2D eigenvalue weighted by Crippen LogP contribution is -2.43. The minimum atomic E-state index is -0.716. The number of anilines is 1. The van der Waals surface area contributed by atoms with Crippen molar-refractivity contribution in [2.75, 3.05) is 39.0 Å². The number of amides is 1. The van der Waals surface area contributed by atoms with Gasteiger partial charge in [-0.3, -0.25) is 4.79 Å². The van der Waals surface area contributed by atoms with Crippen molar-refractivity contribution in [2.45, 2.75) is 32.3 Å². The summed E-state index contributed by atoms with van der Waals surface area (Å²) in [6.07, 6.45) is 7.20.